The molecule has 0 aromatic rings. The van der Waals surface area contributed by atoms with E-state index in [2.05, 4.69) is 10.0 Å². The van der Waals surface area contributed by atoms with Gasteiger partial charge in [-0.15, -0.1) is 0 Å². The lowest BCUT2D eigenvalue weighted by Crippen LogP contribution is -2.40. The second-order valence-electron chi connectivity index (χ2n) is 8.24. The first-order chi connectivity index (χ1) is 17.3. The van der Waals surface area contributed by atoms with Crippen LogP contribution in [0, 0.1) is 0 Å². The van der Waals surface area contributed by atoms with Crippen LogP contribution >= 0.6 is 0 Å². The first kappa shape index (κ1) is 33.8. The third kappa shape index (κ3) is 24.9. The van der Waals surface area contributed by atoms with Gasteiger partial charge in [-0.2, -0.15) is 0 Å². The highest BCUT2D eigenvalue weighted by atomic mass is 16.6. The zero-order chi connectivity index (χ0) is 26.9. The molecule has 1 amide bonds. The van der Waals surface area contributed by atoms with Gasteiger partial charge in [0.15, 0.2) is 0 Å². The first-order valence-corrected chi connectivity index (χ1v) is 11.9. The molecule has 0 radical (unpaired) electrons. The van der Waals surface area contributed by atoms with E-state index < -0.39 is 17.7 Å². The quantitative estimate of drug-likeness (QED) is 0.0856. The second-order valence-corrected chi connectivity index (χ2v) is 8.24. The summed E-state index contributed by atoms with van der Waals surface area (Å²) in [5, 5.41) is 11.9. The predicted molar refractivity (Wildman–Crippen MR) is 129 cm³/mol. The summed E-state index contributed by atoms with van der Waals surface area (Å²) in [5.74, 6) is -0.899. The maximum absolute atomic E-state index is 12.5. The maximum atomic E-state index is 12.5. The lowest BCUT2D eigenvalue weighted by molar-refractivity contribution is -0.138. The summed E-state index contributed by atoms with van der Waals surface area (Å²) < 4.78 is 37.6. The number of amides is 1. The van der Waals surface area contributed by atoms with Crippen molar-refractivity contribution in [3.8, 4) is 0 Å². The van der Waals surface area contributed by atoms with E-state index in [4.69, 9.17) is 43.8 Å². The van der Waals surface area contributed by atoms with Gasteiger partial charge in [-0.05, 0) is 26.3 Å². The van der Waals surface area contributed by atoms with Crippen molar-refractivity contribution in [2.45, 2.75) is 32.8 Å². The van der Waals surface area contributed by atoms with Crippen molar-refractivity contribution in [1.29, 1.82) is 0 Å². The van der Waals surface area contributed by atoms with E-state index in [0.717, 1.165) is 0 Å². The molecule has 1 N–H and O–H groups in total. The molecule has 0 unspecified atom stereocenters. The topological polar surface area (TPSA) is 171 Å². The van der Waals surface area contributed by atoms with Crippen molar-refractivity contribution in [1.82, 2.24) is 4.90 Å². The molecule has 0 aliphatic carbocycles. The molecule has 0 aromatic heterocycles. The van der Waals surface area contributed by atoms with Crippen LogP contribution < -0.4 is 0 Å². The summed E-state index contributed by atoms with van der Waals surface area (Å²) >= 11 is 0. The molecular weight excluding hydrogens is 480 g/mol. The minimum Gasteiger partial charge on any atom is -0.481 e. The first-order valence-electron chi connectivity index (χ1n) is 11.9. The van der Waals surface area contributed by atoms with Crippen molar-refractivity contribution >= 4 is 12.1 Å². The summed E-state index contributed by atoms with van der Waals surface area (Å²) in [6, 6.07) is 0. The molecule has 0 aliphatic rings. The monoisotopic (exact) mass is 522 g/mol. The fraction of sp³-hybridized carbons (Fsp3) is 0.909. The second kappa shape index (κ2) is 23.2. The summed E-state index contributed by atoms with van der Waals surface area (Å²) in [6.45, 7) is 10.4. The Morgan fingerprint density at radius 3 is 1.58 bits per heavy atom. The minimum absolute atomic E-state index is 0.0340. The standard InChI is InChI=1S/C22H42N4O10/c1-22(2,3)36-21(29)26(6-10-32-14-18-34-16-12-30-8-4-20(27)28)7-11-33-15-19-35-17-13-31-9-5-24-25-23/h4-19H2,1-3H3,(H,27,28). The molecule has 0 heterocycles. The fourth-order valence-corrected chi connectivity index (χ4v) is 2.36. The molecule has 0 saturated heterocycles. The maximum Gasteiger partial charge on any atom is 0.410 e. The Hall–Kier alpha value is -2.19. The van der Waals surface area contributed by atoms with Gasteiger partial charge in [0.25, 0.3) is 0 Å². The molecule has 0 aromatic carbocycles. The molecule has 0 aliphatic heterocycles. The van der Waals surface area contributed by atoms with E-state index in [9.17, 15) is 9.59 Å². The van der Waals surface area contributed by atoms with Gasteiger partial charge < -0.3 is 43.2 Å². The van der Waals surface area contributed by atoms with Gasteiger partial charge in [0.05, 0.1) is 85.7 Å². The zero-order valence-electron chi connectivity index (χ0n) is 21.7. The highest BCUT2D eigenvalue weighted by molar-refractivity contribution is 5.68. The number of carbonyl (C=O) groups excluding carboxylic acids is 1. The van der Waals surface area contributed by atoms with Crippen LogP contribution in [0.1, 0.15) is 27.2 Å². The third-order valence-electron chi connectivity index (χ3n) is 4.01. The van der Waals surface area contributed by atoms with E-state index in [1.54, 1.807) is 20.8 Å². The molecule has 14 nitrogen and oxygen atoms in total. The number of rotatable bonds is 24. The van der Waals surface area contributed by atoms with E-state index in [1.807, 2.05) is 0 Å². The number of carboxylic acid groups (broad SMARTS) is 1. The lowest BCUT2D eigenvalue weighted by atomic mass is 10.2. The van der Waals surface area contributed by atoms with Gasteiger partial charge in [0.2, 0.25) is 0 Å². The van der Waals surface area contributed by atoms with Gasteiger partial charge in [0.1, 0.15) is 5.60 Å². The van der Waals surface area contributed by atoms with Crippen LogP contribution in [0.3, 0.4) is 0 Å². The van der Waals surface area contributed by atoms with Crippen LogP contribution in [0.5, 0.6) is 0 Å². The van der Waals surface area contributed by atoms with Crippen LogP contribution in [0.4, 0.5) is 4.79 Å². The van der Waals surface area contributed by atoms with Gasteiger partial charge in [-0.3, -0.25) is 4.79 Å². The van der Waals surface area contributed by atoms with E-state index in [-0.39, 0.29) is 13.0 Å². The molecular formula is C22H42N4O10. The summed E-state index contributed by atoms with van der Waals surface area (Å²) in [7, 11) is 0. The van der Waals surface area contributed by atoms with Crippen molar-refractivity contribution < 1.29 is 47.9 Å². The van der Waals surface area contributed by atoms with E-state index in [0.29, 0.717) is 92.3 Å². The number of ether oxygens (including phenoxy) is 7. The fourth-order valence-electron chi connectivity index (χ4n) is 2.36. The summed E-state index contributed by atoms with van der Waals surface area (Å²) in [5.41, 5.74) is 7.54. The smallest absolute Gasteiger partial charge is 0.410 e. The number of hydrogen-bond acceptors (Lipinski definition) is 10. The van der Waals surface area contributed by atoms with Gasteiger partial charge in [-0.25, -0.2) is 4.79 Å². The van der Waals surface area contributed by atoms with Crippen LogP contribution in [-0.4, -0.2) is 127 Å². The van der Waals surface area contributed by atoms with Crippen molar-refractivity contribution in [2.24, 2.45) is 5.11 Å². The Kier molecular flexibility index (Phi) is 21.8. The van der Waals surface area contributed by atoms with Crippen molar-refractivity contribution in [2.75, 3.05) is 98.9 Å². The summed E-state index contributed by atoms with van der Waals surface area (Å²) in [4.78, 5) is 27.0. The van der Waals surface area contributed by atoms with Gasteiger partial charge >= 0.3 is 12.1 Å². The molecule has 0 spiro atoms. The number of carbonyl (C=O) groups is 2. The SMILES string of the molecule is CC(C)(C)OC(=O)N(CCOCCOCCOCCN=[N+]=[N-])CCOCCOCCOCCC(=O)O. The molecule has 14 heteroatoms. The number of aliphatic carboxylic acids is 1. The molecule has 210 valence electrons. The normalized spacial score (nSPS) is 11.2. The number of nitrogens with zero attached hydrogens (tertiary/aromatic N) is 4. The van der Waals surface area contributed by atoms with Crippen molar-refractivity contribution in [3.63, 3.8) is 0 Å². The average molecular weight is 523 g/mol. The van der Waals surface area contributed by atoms with E-state index in [1.165, 1.54) is 4.90 Å². The Bertz CT molecular complexity index is 588. The Morgan fingerprint density at radius 1 is 0.750 bits per heavy atom. The number of carboxylic acids is 1. The zero-order valence-corrected chi connectivity index (χ0v) is 21.7. The van der Waals surface area contributed by atoms with Crippen LogP contribution in [0.2, 0.25) is 0 Å². The van der Waals surface area contributed by atoms with E-state index >= 15 is 0 Å². The van der Waals surface area contributed by atoms with Crippen molar-refractivity contribution in [3.05, 3.63) is 10.4 Å². The van der Waals surface area contributed by atoms with Gasteiger partial charge in [-0.1, -0.05) is 5.11 Å². The van der Waals surface area contributed by atoms with Crippen LogP contribution in [0.25, 0.3) is 10.4 Å². The highest BCUT2D eigenvalue weighted by Gasteiger charge is 2.21. The number of azide groups is 1. The molecule has 0 saturated carbocycles. The highest BCUT2D eigenvalue weighted by Crippen LogP contribution is 2.10. The number of hydrogen-bond donors (Lipinski definition) is 1. The Balaban J connectivity index is 3.94. The minimum atomic E-state index is -0.899. The molecule has 0 fully saturated rings. The third-order valence-corrected chi connectivity index (χ3v) is 4.01. The molecule has 0 atom stereocenters. The molecule has 0 rings (SSSR count). The Labute approximate surface area is 212 Å². The van der Waals surface area contributed by atoms with Crippen LogP contribution in [0.15, 0.2) is 5.11 Å². The Morgan fingerprint density at radius 2 is 1.17 bits per heavy atom. The largest absolute Gasteiger partial charge is 0.481 e. The summed E-state index contributed by atoms with van der Waals surface area (Å²) in [6.07, 6.45) is -0.480. The average Bonchev–Trinajstić information content (AvgIpc) is 2.80. The lowest BCUT2D eigenvalue weighted by Gasteiger charge is -2.27. The van der Waals surface area contributed by atoms with Crippen LogP contribution in [-0.2, 0) is 38.0 Å². The molecule has 36 heavy (non-hydrogen) atoms. The molecule has 0 bridgehead atoms. The van der Waals surface area contributed by atoms with Gasteiger partial charge in [0, 0.05) is 24.5 Å². The predicted octanol–water partition coefficient (Wildman–Crippen LogP) is 2.11.